The maximum absolute atomic E-state index is 11.5. The average Bonchev–Trinajstić information content (AvgIpc) is 3.01. The predicted octanol–water partition coefficient (Wildman–Crippen LogP) is 2.64. The molecule has 2 aromatic heterocycles. The first-order valence-corrected chi connectivity index (χ1v) is 6.58. The number of hydrogen-bond donors (Lipinski definition) is 1. The molecular formula is C16H13N3O3. The molecule has 0 radical (unpaired) electrons. The number of pyridine rings is 1. The number of aromatic nitrogens is 3. The molecule has 0 aliphatic heterocycles. The second-order valence-corrected chi connectivity index (χ2v) is 4.55. The molecular weight excluding hydrogens is 282 g/mol. The third kappa shape index (κ3) is 2.42. The van der Waals surface area contributed by atoms with Crippen LogP contribution in [-0.4, -0.2) is 33.0 Å². The summed E-state index contributed by atoms with van der Waals surface area (Å²) in [4.78, 5) is 15.6. The summed E-state index contributed by atoms with van der Waals surface area (Å²) >= 11 is 0. The topological polar surface area (TPSA) is 77.2 Å². The molecule has 0 bridgehead atoms. The maximum atomic E-state index is 11.5. The van der Waals surface area contributed by atoms with E-state index in [9.17, 15) is 9.90 Å². The van der Waals surface area contributed by atoms with Gasteiger partial charge in [0.2, 0.25) is 0 Å². The SMILES string of the molecule is COc1ccccc1-n1nc(-c2cccnc2)cc1C(=O)O. The molecule has 0 spiro atoms. The number of hydrogen-bond acceptors (Lipinski definition) is 4. The van der Waals surface area contributed by atoms with E-state index in [2.05, 4.69) is 10.1 Å². The number of nitrogens with zero attached hydrogens (tertiary/aromatic N) is 3. The highest BCUT2D eigenvalue weighted by atomic mass is 16.5. The molecule has 1 N–H and O–H groups in total. The Hall–Kier alpha value is -3.15. The van der Waals surface area contributed by atoms with Crippen molar-refractivity contribution in [2.24, 2.45) is 0 Å². The molecule has 0 fully saturated rings. The molecule has 110 valence electrons. The van der Waals surface area contributed by atoms with Gasteiger partial charge >= 0.3 is 5.97 Å². The van der Waals surface area contributed by atoms with Crippen LogP contribution < -0.4 is 4.74 Å². The lowest BCUT2D eigenvalue weighted by Crippen LogP contribution is -2.09. The van der Waals surface area contributed by atoms with Gasteiger partial charge in [-0.05, 0) is 30.3 Å². The highest BCUT2D eigenvalue weighted by Gasteiger charge is 2.18. The molecule has 0 saturated carbocycles. The number of methoxy groups -OCH3 is 1. The van der Waals surface area contributed by atoms with Crippen LogP contribution in [0.25, 0.3) is 16.9 Å². The number of carboxylic acid groups (broad SMARTS) is 1. The lowest BCUT2D eigenvalue weighted by Gasteiger charge is -2.09. The van der Waals surface area contributed by atoms with Gasteiger partial charge in [-0.15, -0.1) is 0 Å². The Morgan fingerprint density at radius 1 is 1.23 bits per heavy atom. The van der Waals surface area contributed by atoms with Crippen LogP contribution in [0.15, 0.2) is 54.9 Å². The minimum absolute atomic E-state index is 0.0587. The first kappa shape index (κ1) is 13.8. The molecule has 0 aliphatic carbocycles. The number of carbonyl (C=O) groups is 1. The van der Waals surface area contributed by atoms with Crippen LogP contribution >= 0.6 is 0 Å². The van der Waals surface area contributed by atoms with E-state index in [0.29, 0.717) is 17.1 Å². The Morgan fingerprint density at radius 3 is 2.73 bits per heavy atom. The van der Waals surface area contributed by atoms with Gasteiger partial charge in [-0.25, -0.2) is 9.48 Å². The summed E-state index contributed by atoms with van der Waals surface area (Å²) in [7, 11) is 1.53. The van der Waals surface area contributed by atoms with Crippen LogP contribution in [0.5, 0.6) is 5.75 Å². The standard InChI is InChI=1S/C16H13N3O3/c1-22-15-7-3-2-6-13(15)19-14(16(20)21)9-12(18-19)11-5-4-8-17-10-11/h2-10H,1H3,(H,20,21). The van der Waals surface area contributed by atoms with Crippen molar-refractivity contribution >= 4 is 5.97 Å². The van der Waals surface area contributed by atoms with Gasteiger partial charge in [-0.2, -0.15) is 5.10 Å². The van der Waals surface area contributed by atoms with Crippen molar-refractivity contribution in [1.82, 2.24) is 14.8 Å². The van der Waals surface area contributed by atoms with Gasteiger partial charge < -0.3 is 9.84 Å². The van der Waals surface area contributed by atoms with Gasteiger partial charge in [-0.1, -0.05) is 12.1 Å². The normalized spacial score (nSPS) is 10.4. The Bertz CT molecular complexity index is 813. The van der Waals surface area contributed by atoms with E-state index >= 15 is 0 Å². The first-order valence-electron chi connectivity index (χ1n) is 6.58. The largest absolute Gasteiger partial charge is 0.494 e. The molecule has 3 rings (SSSR count). The summed E-state index contributed by atoms with van der Waals surface area (Å²) < 4.78 is 6.65. The highest BCUT2D eigenvalue weighted by molar-refractivity contribution is 5.88. The molecule has 3 aromatic rings. The molecule has 6 nitrogen and oxygen atoms in total. The Morgan fingerprint density at radius 2 is 2.05 bits per heavy atom. The number of benzene rings is 1. The smallest absolute Gasteiger partial charge is 0.354 e. The number of carboxylic acids is 1. The molecule has 22 heavy (non-hydrogen) atoms. The molecule has 1 aromatic carbocycles. The summed E-state index contributed by atoms with van der Waals surface area (Å²) in [6, 6.07) is 12.2. The van der Waals surface area contributed by atoms with E-state index in [4.69, 9.17) is 4.74 Å². The van der Waals surface area contributed by atoms with Crippen molar-refractivity contribution in [3.63, 3.8) is 0 Å². The minimum Gasteiger partial charge on any atom is -0.494 e. The fourth-order valence-electron chi connectivity index (χ4n) is 2.18. The van der Waals surface area contributed by atoms with Gasteiger partial charge in [0.15, 0.2) is 5.69 Å². The van der Waals surface area contributed by atoms with E-state index in [1.165, 1.54) is 17.9 Å². The predicted molar refractivity (Wildman–Crippen MR) is 80.3 cm³/mol. The van der Waals surface area contributed by atoms with E-state index in [1.54, 1.807) is 36.7 Å². The summed E-state index contributed by atoms with van der Waals surface area (Å²) in [6.07, 6.45) is 3.29. The average molecular weight is 295 g/mol. The molecule has 0 atom stereocenters. The van der Waals surface area contributed by atoms with E-state index < -0.39 is 5.97 Å². The van der Waals surface area contributed by atoms with E-state index in [0.717, 1.165) is 5.56 Å². The first-order chi connectivity index (χ1) is 10.7. The Balaban J connectivity index is 2.19. The second kappa shape index (κ2) is 5.69. The monoisotopic (exact) mass is 295 g/mol. The molecule has 2 heterocycles. The minimum atomic E-state index is -1.06. The van der Waals surface area contributed by atoms with Crippen molar-refractivity contribution in [3.8, 4) is 22.7 Å². The lowest BCUT2D eigenvalue weighted by molar-refractivity contribution is 0.0687. The Kier molecular flexibility index (Phi) is 3.57. The van der Waals surface area contributed by atoms with Crippen LogP contribution in [-0.2, 0) is 0 Å². The van der Waals surface area contributed by atoms with Crippen LogP contribution in [0.1, 0.15) is 10.5 Å². The van der Waals surface area contributed by atoms with Crippen LogP contribution in [0.3, 0.4) is 0 Å². The fraction of sp³-hybridized carbons (Fsp3) is 0.0625. The maximum Gasteiger partial charge on any atom is 0.354 e. The van der Waals surface area contributed by atoms with Crippen LogP contribution in [0.4, 0.5) is 0 Å². The number of aromatic carboxylic acids is 1. The van der Waals surface area contributed by atoms with Crippen molar-refractivity contribution < 1.29 is 14.6 Å². The van der Waals surface area contributed by atoms with Crippen molar-refractivity contribution in [3.05, 3.63) is 60.6 Å². The molecule has 0 aliphatic rings. The van der Waals surface area contributed by atoms with Crippen LogP contribution in [0, 0.1) is 0 Å². The van der Waals surface area contributed by atoms with E-state index in [-0.39, 0.29) is 5.69 Å². The van der Waals surface area contributed by atoms with Gasteiger partial charge in [0.1, 0.15) is 11.4 Å². The quantitative estimate of drug-likeness (QED) is 0.800. The highest BCUT2D eigenvalue weighted by Crippen LogP contribution is 2.26. The van der Waals surface area contributed by atoms with Gasteiger partial charge in [-0.3, -0.25) is 4.98 Å². The molecule has 6 heteroatoms. The molecule has 0 saturated heterocycles. The van der Waals surface area contributed by atoms with Crippen molar-refractivity contribution in [1.29, 1.82) is 0 Å². The molecule has 0 unspecified atom stereocenters. The Labute approximate surface area is 126 Å². The summed E-state index contributed by atoms with van der Waals surface area (Å²) in [6.45, 7) is 0. The number of para-hydroxylation sites is 2. The summed E-state index contributed by atoms with van der Waals surface area (Å²) in [5.41, 5.74) is 1.91. The summed E-state index contributed by atoms with van der Waals surface area (Å²) in [5.74, 6) is -0.514. The van der Waals surface area contributed by atoms with Gasteiger partial charge in [0.05, 0.1) is 12.8 Å². The zero-order valence-electron chi connectivity index (χ0n) is 11.8. The third-order valence-corrected chi connectivity index (χ3v) is 3.20. The van der Waals surface area contributed by atoms with E-state index in [1.807, 2.05) is 12.1 Å². The lowest BCUT2D eigenvalue weighted by atomic mass is 10.2. The zero-order chi connectivity index (χ0) is 15.5. The van der Waals surface area contributed by atoms with Gasteiger partial charge in [0, 0.05) is 18.0 Å². The van der Waals surface area contributed by atoms with Crippen LogP contribution in [0.2, 0.25) is 0 Å². The second-order valence-electron chi connectivity index (χ2n) is 4.55. The molecule has 0 amide bonds. The number of ether oxygens (including phenoxy) is 1. The summed E-state index contributed by atoms with van der Waals surface area (Å²) in [5, 5.41) is 13.8. The number of rotatable bonds is 4. The third-order valence-electron chi connectivity index (χ3n) is 3.20. The zero-order valence-corrected chi connectivity index (χ0v) is 11.8. The van der Waals surface area contributed by atoms with Gasteiger partial charge in [0.25, 0.3) is 0 Å². The fourth-order valence-corrected chi connectivity index (χ4v) is 2.18. The van der Waals surface area contributed by atoms with Crippen molar-refractivity contribution in [2.75, 3.05) is 7.11 Å². The van der Waals surface area contributed by atoms with Crippen molar-refractivity contribution in [2.45, 2.75) is 0 Å².